The van der Waals surface area contributed by atoms with Gasteiger partial charge in [-0.15, -0.1) is 0 Å². The molecule has 3 heteroatoms. The van der Waals surface area contributed by atoms with E-state index >= 15 is 0 Å². The molecule has 0 amide bonds. The molecular weight excluding hydrogens is 643 g/mol. The van der Waals surface area contributed by atoms with Crippen LogP contribution in [0.3, 0.4) is 0 Å². The fourth-order valence-electron chi connectivity index (χ4n) is 8.89. The molecule has 1 saturated heterocycles. The van der Waals surface area contributed by atoms with E-state index in [4.69, 9.17) is 0 Å². The molecule has 0 radical (unpaired) electrons. The van der Waals surface area contributed by atoms with Crippen LogP contribution in [0.5, 0.6) is 0 Å². The SMILES string of the molecule is c1ccc(C2(c3ccccc3)NC2c2cccc(-n3c4ccccc4c4cc(-c5cccc(-n6c7ccccc7c7ccccc76)c5)ccc43)c2)cc1. The van der Waals surface area contributed by atoms with Gasteiger partial charge in [0.15, 0.2) is 0 Å². The zero-order valence-electron chi connectivity index (χ0n) is 29.0. The number of rotatable bonds is 6. The van der Waals surface area contributed by atoms with Crippen molar-refractivity contribution in [2.75, 3.05) is 0 Å². The average Bonchev–Trinajstić information content (AvgIpc) is 3.80. The van der Waals surface area contributed by atoms with Crippen molar-refractivity contribution in [3.05, 3.63) is 217 Å². The zero-order chi connectivity index (χ0) is 34.9. The summed E-state index contributed by atoms with van der Waals surface area (Å²) < 4.78 is 4.83. The Kier molecular flexibility index (Phi) is 6.61. The highest BCUT2D eigenvalue weighted by atomic mass is 15.2. The van der Waals surface area contributed by atoms with Crippen molar-refractivity contribution in [1.29, 1.82) is 0 Å². The molecule has 10 aromatic rings. The van der Waals surface area contributed by atoms with Crippen LogP contribution in [0.15, 0.2) is 200 Å². The molecule has 8 aromatic carbocycles. The van der Waals surface area contributed by atoms with Gasteiger partial charge in [-0.1, -0.05) is 146 Å². The van der Waals surface area contributed by atoms with E-state index in [1.807, 2.05) is 0 Å². The van der Waals surface area contributed by atoms with Crippen LogP contribution >= 0.6 is 0 Å². The van der Waals surface area contributed by atoms with E-state index < -0.39 is 0 Å². The molecule has 1 N–H and O–H groups in total. The summed E-state index contributed by atoms with van der Waals surface area (Å²) >= 11 is 0. The molecule has 1 aliphatic rings. The lowest BCUT2D eigenvalue weighted by Gasteiger charge is -2.17. The number of para-hydroxylation sites is 3. The number of nitrogens with one attached hydrogen (secondary N) is 1. The third-order valence-corrected chi connectivity index (χ3v) is 11.3. The van der Waals surface area contributed by atoms with Crippen molar-refractivity contribution in [3.63, 3.8) is 0 Å². The normalized spacial score (nSPS) is 15.1. The van der Waals surface area contributed by atoms with E-state index in [1.54, 1.807) is 0 Å². The Hall–Kier alpha value is -6.68. The minimum absolute atomic E-state index is 0.161. The Morgan fingerprint density at radius 2 is 0.830 bits per heavy atom. The van der Waals surface area contributed by atoms with Crippen LogP contribution < -0.4 is 5.32 Å². The lowest BCUT2D eigenvalue weighted by Crippen LogP contribution is -2.15. The number of hydrogen-bond donors (Lipinski definition) is 1. The maximum Gasteiger partial charge on any atom is 0.0894 e. The van der Waals surface area contributed by atoms with Gasteiger partial charge in [0.25, 0.3) is 0 Å². The van der Waals surface area contributed by atoms with Gasteiger partial charge in [-0.3, -0.25) is 5.32 Å². The van der Waals surface area contributed by atoms with Gasteiger partial charge >= 0.3 is 0 Å². The molecule has 0 spiro atoms. The highest BCUT2D eigenvalue weighted by Crippen LogP contribution is 2.53. The summed E-state index contributed by atoms with van der Waals surface area (Å²) in [6.07, 6.45) is 0. The molecule has 0 saturated carbocycles. The Labute approximate surface area is 308 Å². The van der Waals surface area contributed by atoms with Gasteiger partial charge in [-0.2, -0.15) is 0 Å². The fraction of sp³-hybridized carbons (Fsp3) is 0.0400. The number of nitrogens with zero attached hydrogens (tertiary/aromatic N) is 2. The molecule has 1 aliphatic heterocycles. The summed E-state index contributed by atoms with van der Waals surface area (Å²) in [6, 6.07) is 73.1. The molecule has 0 bridgehead atoms. The number of aromatic nitrogens is 2. The highest BCUT2D eigenvalue weighted by molar-refractivity contribution is 6.11. The molecule has 0 aliphatic carbocycles. The van der Waals surface area contributed by atoms with Crippen LogP contribution in [0.1, 0.15) is 22.7 Å². The molecule has 1 fully saturated rings. The summed E-state index contributed by atoms with van der Waals surface area (Å²) in [7, 11) is 0. The molecule has 1 unspecified atom stereocenters. The van der Waals surface area contributed by atoms with Crippen LogP contribution in [0.2, 0.25) is 0 Å². The first-order valence-electron chi connectivity index (χ1n) is 18.4. The quantitative estimate of drug-likeness (QED) is 0.175. The van der Waals surface area contributed by atoms with Crippen molar-refractivity contribution in [1.82, 2.24) is 14.5 Å². The van der Waals surface area contributed by atoms with E-state index in [-0.39, 0.29) is 11.6 Å². The Bertz CT molecular complexity index is 2890. The second-order valence-corrected chi connectivity index (χ2v) is 14.2. The molecule has 250 valence electrons. The van der Waals surface area contributed by atoms with Gasteiger partial charge in [-0.05, 0) is 82.4 Å². The summed E-state index contributed by atoms with van der Waals surface area (Å²) in [4.78, 5) is 0. The first-order valence-corrected chi connectivity index (χ1v) is 18.4. The average molecular weight is 678 g/mol. The van der Waals surface area contributed by atoms with Crippen LogP contribution in [-0.2, 0) is 5.54 Å². The van der Waals surface area contributed by atoms with Crippen LogP contribution in [-0.4, -0.2) is 9.13 Å². The molecule has 2 aromatic heterocycles. The standard InChI is InChI=1S/C50H35N3/c1-3-17-37(18-4-1)50(38-19-5-2-6-20-38)49(51-50)36-16-14-22-40(32-36)53-47-28-12-9-25-43(47)44-33-35(29-30-48(44)53)34-15-13-21-39(31-34)52-45-26-10-7-23-41(45)42-24-8-11-27-46(42)52/h1-33,49,51H. The zero-order valence-corrected chi connectivity index (χ0v) is 29.0. The van der Waals surface area contributed by atoms with Crippen molar-refractivity contribution >= 4 is 43.6 Å². The van der Waals surface area contributed by atoms with E-state index in [9.17, 15) is 0 Å². The van der Waals surface area contributed by atoms with Crippen LogP contribution in [0.25, 0.3) is 66.1 Å². The summed E-state index contributed by atoms with van der Waals surface area (Å²) in [5.74, 6) is 0. The van der Waals surface area contributed by atoms with Gasteiger partial charge in [0.05, 0.1) is 33.6 Å². The number of hydrogen-bond acceptors (Lipinski definition) is 1. The fourth-order valence-corrected chi connectivity index (χ4v) is 8.89. The van der Waals surface area contributed by atoms with Gasteiger partial charge in [0, 0.05) is 32.9 Å². The first-order chi connectivity index (χ1) is 26.3. The molecule has 3 heterocycles. The third kappa shape index (κ3) is 4.58. The Morgan fingerprint density at radius 3 is 1.43 bits per heavy atom. The van der Waals surface area contributed by atoms with Crippen molar-refractivity contribution in [2.24, 2.45) is 0 Å². The summed E-state index contributed by atoms with van der Waals surface area (Å²) in [5, 5.41) is 8.97. The smallest absolute Gasteiger partial charge is 0.0894 e. The van der Waals surface area contributed by atoms with Crippen molar-refractivity contribution in [3.8, 4) is 22.5 Å². The lowest BCUT2D eigenvalue weighted by atomic mass is 9.85. The first kappa shape index (κ1) is 30.0. The molecule has 3 nitrogen and oxygen atoms in total. The Balaban J connectivity index is 1.02. The van der Waals surface area contributed by atoms with E-state index in [2.05, 4.69) is 215 Å². The molecule has 1 atom stereocenters. The predicted octanol–water partition coefficient (Wildman–Crippen LogP) is 12.1. The second-order valence-electron chi connectivity index (χ2n) is 14.2. The van der Waals surface area contributed by atoms with Crippen LogP contribution in [0.4, 0.5) is 0 Å². The number of fused-ring (bicyclic) bond motifs is 6. The second kappa shape index (κ2) is 11.7. The largest absolute Gasteiger partial charge is 0.309 e. The Morgan fingerprint density at radius 1 is 0.358 bits per heavy atom. The van der Waals surface area contributed by atoms with E-state index in [0.29, 0.717) is 0 Å². The molecular formula is C50H35N3. The predicted molar refractivity (Wildman–Crippen MR) is 220 cm³/mol. The van der Waals surface area contributed by atoms with Gasteiger partial charge < -0.3 is 9.13 Å². The number of benzene rings is 8. The maximum atomic E-state index is 3.93. The van der Waals surface area contributed by atoms with Crippen molar-refractivity contribution < 1.29 is 0 Å². The van der Waals surface area contributed by atoms with E-state index in [0.717, 1.165) is 5.69 Å². The highest BCUT2D eigenvalue weighted by Gasteiger charge is 2.56. The minimum atomic E-state index is -0.259. The lowest BCUT2D eigenvalue weighted by molar-refractivity contribution is 0.787. The monoisotopic (exact) mass is 677 g/mol. The maximum absolute atomic E-state index is 3.93. The third-order valence-electron chi connectivity index (χ3n) is 11.3. The van der Waals surface area contributed by atoms with Gasteiger partial charge in [-0.25, -0.2) is 0 Å². The molecule has 53 heavy (non-hydrogen) atoms. The van der Waals surface area contributed by atoms with Crippen molar-refractivity contribution in [2.45, 2.75) is 11.6 Å². The topological polar surface area (TPSA) is 31.8 Å². The summed E-state index contributed by atoms with van der Waals surface area (Å²) in [5.41, 5.74) is 13.2. The van der Waals surface area contributed by atoms with Gasteiger partial charge in [0.1, 0.15) is 0 Å². The van der Waals surface area contributed by atoms with Crippen LogP contribution in [0, 0.1) is 0 Å². The molecule has 11 rings (SSSR count). The summed E-state index contributed by atoms with van der Waals surface area (Å²) in [6.45, 7) is 0. The van der Waals surface area contributed by atoms with E-state index in [1.165, 1.54) is 77.1 Å². The minimum Gasteiger partial charge on any atom is -0.309 e. The van der Waals surface area contributed by atoms with Gasteiger partial charge in [0.2, 0.25) is 0 Å².